The third-order valence-electron chi connectivity index (χ3n) is 7.12. The van der Waals surface area contributed by atoms with Crippen molar-refractivity contribution in [3.05, 3.63) is 72.8 Å². The number of benzene rings is 2. The molecule has 0 bridgehead atoms. The van der Waals surface area contributed by atoms with E-state index < -0.39 is 14.1 Å². The third kappa shape index (κ3) is 4.51. The lowest BCUT2D eigenvalue weighted by Crippen LogP contribution is -2.67. The molecule has 4 heteroatoms. The molecule has 172 valence electrons. The Morgan fingerprint density at radius 1 is 0.969 bits per heavy atom. The highest BCUT2D eigenvalue weighted by Gasteiger charge is 2.51. The quantitative estimate of drug-likeness (QED) is 0.442. The van der Waals surface area contributed by atoms with Gasteiger partial charge < -0.3 is 13.9 Å². The largest absolute Gasteiger partial charge is 0.407 e. The molecule has 4 rings (SSSR count). The molecule has 0 radical (unpaired) electrons. The average molecular weight is 451 g/mol. The highest BCUT2D eigenvalue weighted by Crippen LogP contribution is 2.44. The van der Waals surface area contributed by atoms with Crippen molar-refractivity contribution < 1.29 is 13.9 Å². The van der Waals surface area contributed by atoms with Crippen molar-refractivity contribution in [3.63, 3.8) is 0 Å². The van der Waals surface area contributed by atoms with Gasteiger partial charge in [-0.3, -0.25) is 0 Å². The molecular weight excluding hydrogens is 412 g/mol. The van der Waals surface area contributed by atoms with Crippen LogP contribution in [0, 0.1) is 11.8 Å². The van der Waals surface area contributed by atoms with Crippen molar-refractivity contribution in [2.24, 2.45) is 11.8 Å². The first-order valence-corrected chi connectivity index (χ1v) is 13.8. The minimum absolute atomic E-state index is 0.0181. The first-order chi connectivity index (χ1) is 15.1. The fourth-order valence-electron chi connectivity index (χ4n) is 5.64. The minimum Gasteiger partial charge on any atom is -0.407 e. The van der Waals surface area contributed by atoms with Gasteiger partial charge in [0.1, 0.15) is 0 Å². The van der Waals surface area contributed by atoms with Gasteiger partial charge in [0.15, 0.2) is 5.79 Å². The molecule has 1 heterocycles. The van der Waals surface area contributed by atoms with Crippen LogP contribution in [0.5, 0.6) is 0 Å². The Kier molecular flexibility index (Phi) is 6.52. The minimum atomic E-state index is -2.54. The van der Waals surface area contributed by atoms with Crippen LogP contribution < -0.4 is 10.4 Å². The molecule has 32 heavy (non-hydrogen) atoms. The second-order valence-electron chi connectivity index (χ2n) is 10.9. The summed E-state index contributed by atoms with van der Waals surface area (Å²) < 4.78 is 19.4. The highest BCUT2D eigenvalue weighted by molar-refractivity contribution is 6.99. The maximum Gasteiger partial charge on any atom is 0.261 e. The summed E-state index contributed by atoms with van der Waals surface area (Å²) in [5, 5.41) is 2.64. The van der Waals surface area contributed by atoms with E-state index in [2.05, 4.69) is 88.0 Å². The van der Waals surface area contributed by atoms with Gasteiger partial charge in [0.2, 0.25) is 0 Å². The molecule has 2 aromatic rings. The average Bonchev–Trinajstić information content (AvgIpc) is 3.30. The zero-order chi connectivity index (χ0) is 23.0. The number of ether oxygens (including phenoxy) is 2. The van der Waals surface area contributed by atoms with Gasteiger partial charge in [0.05, 0.1) is 12.7 Å². The van der Waals surface area contributed by atoms with Crippen molar-refractivity contribution in [1.29, 1.82) is 0 Å². The van der Waals surface area contributed by atoms with Gasteiger partial charge in [-0.15, -0.1) is 0 Å². The van der Waals surface area contributed by atoms with E-state index in [1.165, 1.54) is 15.9 Å². The van der Waals surface area contributed by atoms with Crippen molar-refractivity contribution in [3.8, 4) is 0 Å². The van der Waals surface area contributed by atoms with Crippen LogP contribution in [0.3, 0.4) is 0 Å². The van der Waals surface area contributed by atoms with E-state index in [-0.39, 0.29) is 11.1 Å². The molecule has 0 aromatic heterocycles. The molecule has 2 aliphatic rings. The first kappa shape index (κ1) is 23.4. The van der Waals surface area contributed by atoms with Gasteiger partial charge in [-0.1, -0.05) is 93.6 Å². The summed E-state index contributed by atoms with van der Waals surface area (Å²) in [5.74, 6) is 0.284. The molecule has 1 saturated carbocycles. The normalized spacial score (nSPS) is 25.9. The number of rotatable bonds is 6. The first-order valence-electron chi connectivity index (χ1n) is 11.9. The van der Waals surface area contributed by atoms with Crippen LogP contribution in [0.1, 0.15) is 47.5 Å². The lowest BCUT2D eigenvalue weighted by Gasteiger charge is -2.44. The molecule has 1 aliphatic heterocycles. The van der Waals surface area contributed by atoms with Gasteiger partial charge in [0.25, 0.3) is 8.32 Å². The fourth-order valence-corrected chi connectivity index (χ4v) is 10.3. The Morgan fingerprint density at radius 3 is 2.00 bits per heavy atom. The maximum absolute atomic E-state index is 7.24. The van der Waals surface area contributed by atoms with Gasteiger partial charge in [-0.05, 0) is 53.9 Å². The van der Waals surface area contributed by atoms with E-state index in [0.29, 0.717) is 18.4 Å². The molecule has 3 nitrogen and oxygen atoms in total. The Labute approximate surface area is 194 Å². The van der Waals surface area contributed by atoms with Crippen molar-refractivity contribution >= 4 is 18.7 Å². The lowest BCUT2D eigenvalue weighted by atomic mass is 9.91. The molecule has 0 unspecified atom stereocenters. The van der Waals surface area contributed by atoms with Gasteiger partial charge in [0, 0.05) is 6.61 Å². The van der Waals surface area contributed by atoms with Gasteiger partial charge >= 0.3 is 0 Å². The third-order valence-corrected chi connectivity index (χ3v) is 12.1. The molecule has 0 amide bonds. The summed E-state index contributed by atoms with van der Waals surface area (Å²) in [4.78, 5) is 0. The molecule has 2 fully saturated rings. The number of hydrogen-bond donors (Lipinski definition) is 0. The van der Waals surface area contributed by atoms with E-state index in [9.17, 15) is 0 Å². The molecule has 3 atom stereocenters. The second-order valence-corrected chi connectivity index (χ2v) is 15.2. The zero-order valence-corrected chi connectivity index (χ0v) is 21.3. The summed E-state index contributed by atoms with van der Waals surface area (Å²) in [6.45, 7) is 16.7. The summed E-state index contributed by atoms with van der Waals surface area (Å²) in [6.07, 6.45) is 2.11. The fraction of sp³-hybridized carbons (Fsp3) is 0.500. The van der Waals surface area contributed by atoms with E-state index in [4.69, 9.17) is 13.9 Å². The summed E-state index contributed by atoms with van der Waals surface area (Å²) in [6, 6.07) is 21.8. The van der Waals surface area contributed by atoms with E-state index in [0.717, 1.165) is 19.4 Å². The van der Waals surface area contributed by atoms with Crippen LogP contribution in [-0.2, 0) is 13.9 Å². The van der Waals surface area contributed by atoms with Gasteiger partial charge in [-0.2, -0.15) is 0 Å². The molecule has 0 spiro atoms. The summed E-state index contributed by atoms with van der Waals surface area (Å²) >= 11 is 0. The molecule has 1 saturated heterocycles. The van der Waals surface area contributed by atoms with Crippen molar-refractivity contribution in [2.45, 2.75) is 64.4 Å². The van der Waals surface area contributed by atoms with Crippen LogP contribution in [0.25, 0.3) is 0 Å². The second kappa shape index (κ2) is 8.90. The summed E-state index contributed by atoms with van der Waals surface area (Å²) in [7, 11) is -2.54. The smallest absolute Gasteiger partial charge is 0.261 e. The molecule has 2 aromatic carbocycles. The van der Waals surface area contributed by atoms with Crippen molar-refractivity contribution in [2.75, 3.05) is 13.2 Å². The van der Waals surface area contributed by atoms with Crippen LogP contribution in [0.4, 0.5) is 0 Å². The monoisotopic (exact) mass is 450 g/mol. The Bertz CT molecular complexity index is 877. The topological polar surface area (TPSA) is 27.7 Å². The highest BCUT2D eigenvalue weighted by atomic mass is 28.4. The van der Waals surface area contributed by atoms with Crippen LogP contribution in [0.15, 0.2) is 72.8 Å². The maximum atomic E-state index is 7.24. The van der Waals surface area contributed by atoms with Crippen LogP contribution >= 0.6 is 0 Å². The Hall–Kier alpha value is -1.72. The van der Waals surface area contributed by atoms with Gasteiger partial charge in [-0.25, -0.2) is 0 Å². The standard InChI is InChI=1S/C28H38O3Si/c1-21-17-22(25(18-21)26-20-29-28(5,6)31-26)19-30-32(27(2,3)4,23-13-9-7-10-14-23)24-15-11-8-12-16-24/h7-16,22,25-26H,1,17-20H2,2-6H3/t22-,25+,26+/m0/s1. The zero-order valence-electron chi connectivity index (χ0n) is 20.3. The van der Waals surface area contributed by atoms with E-state index >= 15 is 0 Å². The SMILES string of the molecule is C=C1C[C@@H](CO[Si](c2ccccc2)(c2ccccc2)C(C)(C)C)[C@H]([C@H]2COC(C)(C)O2)C1. The Balaban J connectivity index is 1.67. The van der Waals surface area contributed by atoms with Crippen molar-refractivity contribution in [1.82, 2.24) is 0 Å². The Morgan fingerprint density at radius 2 is 1.53 bits per heavy atom. The van der Waals surface area contributed by atoms with Crippen LogP contribution in [-0.4, -0.2) is 33.4 Å². The molecule has 0 N–H and O–H groups in total. The predicted octanol–water partition coefficient (Wildman–Crippen LogP) is 5.30. The number of hydrogen-bond acceptors (Lipinski definition) is 3. The molecule has 1 aliphatic carbocycles. The predicted molar refractivity (Wildman–Crippen MR) is 134 cm³/mol. The van der Waals surface area contributed by atoms with E-state index in [1.807, 2.05) is 13.8 Å². The van der Waals surface area contributed by atoms with E-state index in [1.54, 1.807) is 0 Å². The number of allylic oxidation sites excluding steroid dienone is 1. The summed E-state index contributed by atoms with van der Waals surface area (Å²) in [5.41, 5.74) is 1.30. The lowest BCUT2D eigenvalue weighted by molar-refractivity contribution is -0.146. The molecular formula is C28H38O3Si. The van der Waals surface area contributed by atoms with Crippen LogP contribution in [0.2, 0.25) is 5.04 Å².